The van der Waals surface area contributed by atoms with E-state index in [9.17, 15) is 9.59 Å². The highest BCUT2D eigenvalue weighted by Gasteiger charge is 2.37. The quantitative estimate of drug-likeness (QED) is 0.779. The summed E-state index contributed by atoms with van der Waals surface area (Å²) in [6.45, 7) is 9.26. The molecule has 1 aromatic rings. The number of halogens is 1. The summed E-state index contributed by atoms with van der Waals surface area (Å²) < 4.78 is 0. The van der Waals surface area contributed by atoms with Gasteiger partial charge in [0, 0.05) is 37.1 Å². The Bertz CT molecular complexity index is 678. The van der Waals surface area contributed by atoms with Crippen LogP contribution in [0.2, 0.25) is 5.02 Å². The van der Waals surface area contributed by atoms with Gasteiger partial charge in [0.1, 0.15) is 0 Å². The number of rotatable bonds is 3. The highest BCUT2D eigenvalue weighted by Crippen LogP contribution is 2.30. The Balaban J connectivity index is 1.58. The van der Waals surface area contributed by atoms with Gasteiger partial charge in [0.25, 0.3) is 0 Å². The molecule has 1 aromatic carbocycles. The van der Waals surface area contributed by atoms with Gasteiger partial charge in [0.2, 0.25) is 11.8 Å². The van der Waals surface area contributed by atoms with Gasteiger partial charge in [0.05, 0.1) is 5.41 Å². The lowest BCUT2D eigenvalue weighted by Crippen LogP contribution is -2.50. The summed E-state index contributed by atoms with van der Waals surface area (Å²) in [6, 6.07) is 7.51. The van der Waals surface area contributed by atoms with Gasteiger partial charge in [-0.2, -0.15) is 0 Å². The molecule has 27 heavy (non-hydrogen) atoms. The number of carbonyl (C=O) groups is 2. The third kappa shape index (κ3) is 4.48. The van der Waals surface area contributed by atoms with Crippen LogP contribution in [-0.2, 0) is 15.0 Å². The molecule has 2 amide bonds. The average molecular weight is 391 g/mol. The molecule has 5 heteroatoms. The van der Waals surface area contributed by atoms with Gasteiger partial charge in [0.15, 0.2) is 0 Å². The summed E-state index contributed by atoms with van der Waals surface area (Å²) in [5, 5.41) is 0.674. The minimum atomic E-state index is -0.594. The van der Waals surface area contributed by atoms with E-state index >= 15 is 0 Å². The molecule has 2 fully saturated rings. The Labute approximate surface area is 167 Å². The second kappa shape index (κ2) is 8.22. The van der Waals surface area contributed by atoms with Crippen molar-refractivity contribution in [2.24, 2.45) is 11.8 Å². The summed E-state index contributed by atoms with van der Waals surface area (Å²) >= 11 is 5.98. The molecule has 3 rings (SSSR count). The first-order chi connectivity index (χ1) is 12.8. The molecule has 2 saturated heterocycles. The number of piperidine rings is 2. The SMILES string of the molecule is CC1CCCN(C(=O)C2CCN(C(=O)C(C)(C)c3ccc(Cl)cc3)CC2)C1. The van der Waals surface area contributed by atoms with E-state index in [4.69, 9.17) is 11.6 Å². The minimum absolute atomic E-state index is 0.0676. The van der Waals surface area contributed by atoms with Crippen LogP contribution < -0.4 is 0 Å². The Morgan fingerprint density at radius 1 is 1.00 bits per heavy atom. The van der Waals surface area contributed by atoms with Crippen LogP contribution in [0.15, 0.2) is 24.3 Å². The second-order valence-electron chi connectivity index (χ2n) is 8.73. The normalized spacial score (nSPS) is 22.0. The zero-order valence-corrected chi connectivity index (χ0v) is 17.5. The number of nitrogens with zero attached hydrogens (tertiary/aromatic N) is 2. The Morgan fingerprint density at radius 2 is 1.63 bits per heavy atom. The maximum Gasteiger partial charge on any atom is 0.232 e. The van der Waals surface area contributed by atoms with Crippen molar-refractivity contribution in [1.82, 2.24) is 9.80 Å². The van der Waals surface area contributed by atoms with Gasteiger partial charge in [-0.15, -0.1) is 0 Å². The molecule has 0 saturated carbocycles. The van der Waals surface area contributed by atoms with E-state index in [1.54, 1.807) is 0 Å². The summed E-state index contributed by atoms with van der Waals surface area (Å²) in [4.78, 5) is 29.9. The van der Waals surface area contributed by atoms with Crippen molar-refractivity contribution >= 4 is 23.4 Å². The van der Waals surface area contributed by atoms with E-state index < -0.39 is 5.41 Å². The van der Waals surface area contributed by atoms with Crippen molar-refractivity contribution in [1.29, 1.82) is 0 Å². The topological polar surface area (TPSA) is 40.6 Å². The van der Waals surface area contributed by atoms with Crippen molar-refractivity contribution in [2.75, 3.05) is 26.2 Å². The number of hydrogen-bond donors (Lipinski definition) is 0. The summed E-state index contributed by atoms with van der Waals surface area (Å²) in [5.41, 5.74) is 0.376. The first-order valence-corrected chi connectivity index (χ1v) is 10.5. The minimum Gasteiger partial charge on any atom is -0.342 e. The number of hydrogen-bond acceptors (Lipinski definition) is 2. The monoisotopic (exact) mass is 390 g/mol. The van der Waals surface area contributed by atoms with Crippen LogP contribution in [0.4, 0.5) is 0 Å². The number of carbonyl (C=O) groups excluding carboxylic acids is 2. The summed E-state index contributed by atoms with van der Waals surface area (Å²) in [5.74, 6) is 1.09. The first kappa shape index (κ1) is 20.2. The fraction of sp³-hybridized carbons (Fsp3) is 0.636. The van der Waals surface area contributed by atoms with E-state index in [1.807, 2.05) is 47.9 Å². The Hall–Kier alpha value is -1.55. The molecule has 0 bridgehead atoms. The van der Waals surface area contributed by atoms with Crippen molar-refractivity contribution in [3.63, 3.8) is 0 Å². The number of amides is 2. The van der Waals surface area contributed by atoms with Gasteiger partial charge in [-0.3, -0.25) is 9.59 Å². The highest BCUT2D eigenvalue weighted by molar-refractivity contribution is 6.30. The van der Waals surface area contributed by atoms with E-state index in [-0.39, 0.29) is 11.8 Å². The van der Waals surface area contributed by atoms with E-state index in [0.29, 0.717) is 29.9 Å². The molecule has 0 aliphatic carbocycles. The molecule has 2 aliphatic heterocycles. The summed E-state index contributed by atoms with van der Waals surface area (Å²) in [6.07, 6.45) is 3.87. The fourth-order valence-electron chi connectivity index (χ4n) is 4.36. The lowest BCUT2D eigenvalue weighted by molar-refractivity contribution is -0.143. The molecule has 0 spiro atoms. The fourth-order valence-corrected chi connectivity index (χ4v) is 4.49. The van der Waals surface area contributed by atoms with Crippen LogP contribution in [0.5, 0.6) is 0 Å². The van der Waals surface area contributed by atoms with Crippen LogP contribution in [0.25, 0.3) is 0 Å². The van der Waals surface area contributed by atoms with Crippen LogP contribution in [0.3, 0.4) is 0 Å². The van der Waals surface area contributed by atoms with Crippen LogP contribution in [0, 0.1) is 11.8 Å². The lowest BCUT2D eigenvalue weighted by atomic mass is 9.82. The maximum atomic E-state index is 13.1. The predicted octanol–water partition coefficient (Wildman–Crippen LogP) is 4.11. The molecule has 148 valence electrons. The third-order valence-electron chi connectivity index (χ3n) is 6.20. The Morgan fingerprint density at radius 3 is 2.22 bits per heavy atom. The van der Waals surface area contributed by atoms with Crippen LogP contribution >= 0.6 is 11.6 Å². The van der Waals surface area contributed by atoms with E-state index in [0.717, 1.165) is 37.9 Å². The van der Waals surface area contributed by atoms with E-state index in [2.05, 4.69) is 6.92 Å². The molecule has 4 nitrogen and oxygen atoms in total. The van der Waals surface area contributed by atoms with Crippen molar-refractivity contribution < 1.29 is 9.59 Å². The van der Waals surface area contributed by atoms with Gasteiger partial charge >= 0.3 is 0 Å². The lowest BCUT2D eigenvalue weighted by Gasteiger charge is -2.39. The molecule has 0 aromatic heterocycles. The largest absolute Gasteiger partial charge is 0.342 e. The smallest absolute Gasteiger partial charge is 0.232 e. The van der Waals surface area contributed by atoms with Gasteiger partial charge < -0.3 is 9.80 Å². The molecule has 1 unspecified atom stereocenters. The molecule has 1 atom stereocenters. The van der Waals surface area contributed by atoms with Gasteiger partial charge in [-0.25, -0.2) is 0 Å². The van der Waals surface area contributed by atoms with Crippen LogP contribution in [0.1, 0.15) is 52.0 Å². The Kier molecular flexibility index (Phi) is 6.15. The van der Waals surface area contributed by atoms with E-state index in [1.165, 1.54) is 6.42 Å². The molecule has 2 heterocycles. The molecule has 2 aliphatic rings. The van der Waals surface area contributed by atoms with Gasteiger partial charge in [-0.1, -0.05) is 30.7 Å². The maximum absolute atomic E-state index is 13.1. The third-order valence-corrected chi connectivity index (χ3v) is 6.45. The molecule has 0 radical (unpaired) electrons. The van der Waals surface area contributed by atoms with Gasteiger partial charge in [-0.05, 0) is 63.1 Å². The van der Waals surface area contributed by atoms with Crippen molar-refractivity contribution in [3.05, 3.63) is 34.9 Å². The van der Waals surface area contributed by atoms with Crippen LogP contribution in [-0.4, -0.2) is 47.8 Å². The zero-order chi connectivity index (χ0) is 19.6. The second-order valence-corrected chi connectivity index (χ2v) is 9.17. The average Bonchev–Trinajstić information content (AvgIpc) is 2.67. The predicted molar refractivity (Wildman–Crippen MR) is 109 cm³/mol. The molecular formula is C22H31ClN2O2. The number of likely N-dealkylation sites (tertiary alicyclic amines) is 2. The first-order valence-electron chi connectivity index (χ1n) is 10.1. The van der Waals surface area contributed by atoms with Crippen molar-refractivity contribution in [2.45, 2.75) is 51.9 Å². The summed E-state index contributed by atoms with van der Waals surface area (Å²) in [7, 11) is 0. The zero-order valence-electron chi connectivity index (χ0n) is 16.7. The standard InChI is InChI=1S/C22H31ClN2O2/c1-16-5-4-12-25(15-16)20(26)17-10-13-24(14-11-17)21(27)22(2,3)18-6-8-19(23)9-7-18/h6-9,16-17H,4-5,10-15H2,1-3H3. The highest BCUT2D eigenvalue weighted by atomic mass is 35.5. The van der Waals surface area contributed by atoms with Crippen molar-refractivity contribution in [3.8, 4) is 0 Å². The molecule has 0 N–H and O–H groups in total. The number of benzene rings is 1. The molecular weight excluding hydrogens is 360 g/mol.